The third-order valence-electron chi connectivity index (χ3n) is 6.84. The van der Waals surface area contributed by atoms with Crippen molar-refractivity contribution in [3.05, 3.63) is 59.7 Å². The molecule has 3 saturated heterocycles. The minimum absolute atomic E-state index is 0.150. The van der Waals surface area contributed by atoms with Crippen molar-refractivity contribution in [3.8, 4) is 11.8 Å². The monoisotopic (exact) mass is 492 g/mol. The van der Waals surface area contributed by atoms with Gasteiger partial charge in [0.1, 0.15) is 24.0 Å². The highest BCUT2D eigenvalue weighted by atomic mass is 16.6. The highest BCUT2D eigenvalue weighted by Gasteiger charge is 2.50. The molecule has 1 N–H and O–H groups in total. The van der Waals surface area contributed by atoms with Crippen LogP contribution in [0.15, 0.2) is 48.5 Å². The Hall–Kier alpha value is -3.54. The van der Waals surface area contributed by atoms with E-state index in [0.717, 1.165) is 24.3 Å². The molecule has 1 aromatic heterocycles. The van der Waals surface area contributed by atoms with Crippen molar-refractivity contribution < 1.29 is 23.7 Å². The van der Waals surface area contributed by atoms with E-state index < -0.39 is 0 Å². The number of nitrogens with zero attached hydrogens (tertiary/aromatic N) is 5. The summed E-state index contributed by atoms with van der Waals surface area (Å²) in [6.07, 6.45) is -0.607. The summed E-state index contributed by atoms with van der Waals surface area (Å²) >= 11 is 0. The van der Waals surface area contributed by atoms with E-state index in [1.54, 1.807) is 4.68 Å². The molecule has 0 unspecified atom stereocenters. The zero-order valence-electron chi connectivity index (χ0n) is 19.9. The molecule has 0 radical (unpaired) electrons. The second kappa shape index (κ2) is 9.84. The average molecular weight is 493 g/mol. The summed E-state index contributed by atoms with van der Waals surface area (Å²) in [5, 5.41) is 15.1. The van der Waals surface area contributed by atoms with Gasteiger partial charge in [0.15, 0.2) is 0 Å². The van der Waals surface area contributed by atoms with E-state index in [-0.39, 0.29) is 36.2 Å². The Morgan fingerprint density at radius 2 is 1.86 bits per heavy atom. The number of amides is 1. The minimum atomic E-state index is -0.307. The van der Waals surface area contributed by atoms with Gasteiger partial charge in [0.2, 0.25) is 0 Å². The van der Waals surface area contributed by atoms with Crippen LogP contribution in [0.5, 0.6) is 11.8 Å². The van der Waals surface area contributed by atoms with E-state index in [2.05, 4.69) is 25.7 Å². The van der Waals surface area contributed by atoms with Crippen molar-refractivity contribution in [1.82, 2.24) is 25.5 Å². The first-order chi connectivity index (χ1) is 17.7. The van der Waals surface area contributed by atoms with E-state index in [9.17, 15) is 4.79 Å². The van der Waals surface area contributed by atoms with Gasteiger partial charge in [-0.2, -0.15) is 4.68 Å². The number of carbonyl (C=O) groups is 1. The number of fused-ring (bicyclic) bond motifs is 1. The van der Waals surface area contributed by atoms with Crippen LogP contribution in [-0.4, -0.2) is 83.9 Å². The van der Waals surface area contributed by atoms with Crippen molar-refractivity contribution in [2.45, 2.75) is 31.2 Å². The van der Waals surface area contributed by atoms with E-state index in [0.29, 0.717) is 37.7 Å². The summed E-state index contributed by atoms with van der Waals surface area (Å²) in [6, 6.07) is 15.0. The molecule has 3 fully saturated rings. The largest absolute Gasteiger partial charge is 0.423 e. The van der Waals surface area contributed by atoms with Crippen molar-refractivity contribution in [2.24, 2.45) is 0 Å². The lowest BCUT2D eigenvalue weighted by atomic mass is 10.1. The molecule has 4 atom stereocenters. The highest BCUT2D eigenvalue weighted by Crippen LogP contribution is 2.36. The number of benzene rings is 2. The summed E-state index contributed by atoms with van der Waals surface area (Å²) in [5.41, 5.74) is 2.77. The van der Waals surface area contributed by atoms with Crippen molar-refractivity contribution >= 4 is 11.6 Å². The number of morpholine rings is 1. The number of anilines is 1. The molecule has 0 bridgehead atoms. The fourth-order valence-electron chi connectivity index (χ4n) is 4.90. The van der Waals surface area contributed by atoms with Crippen LogP contribution in [-0.2, 0) is 14.2 Å². The van der Waals surface area contributed by atoms with Crippen LogP contribution in [0, 0.1) is 6.92 Å². The first-order valence-electron chi connectivity index (χ1n) is 12.1. The molecule has 3 aliphatic rings. The predicted octanol–water partition coefficient (Wildman–Crippen LogP) is 1.75. The topological polar surface area (TPSA) is 113 Å². The maximum Gasteiger partial charge on any atom is 0.341 e. The molecule has 11 nitrogen and oxygen atoms in total. The van der Waals surface area contributed by atoms with E-state index in [1.165, 1.54) is 0 Å². The first kappa shape index (κ1) is 22.9. The Morgan fingerprint density at radius 1 is 1.06 bits per heavy atom. The fourth-order valence-corrected chi connectivity index (χ4v) is 4.90. The van der Waals surface area contributed by atoms with Crippen LogP contribution in [0.25, 0.3) is 0 Å². The molecule has 0 spiro atoms. The second-order valence-corrected chi connectivity index (χ2v) is 9.21. The lowest BCUT2D eigenvalue weighted by Crippen LogP contribution is -2.44. The molecule has 188 valence electrons. The minimum Gasteiger partial charge on any atom is -0.423 e. The molecule has 3 aromatic rings. The van der Waals surface area contributed by atoms with Gasteiger partial charge in [0, 0.05) is 30.4 Å². The van der Waals surface area contributed by atoms with Crippen LogP contribution in [0.1, 0.15) is 22.0 Å². The van der Waals surface area contributed by atoms with E-state index in [4.69, 9.17) is 18.9 Å². The number of rotatable bonds is 6. The van der Waals surface area contributed by atoms with Crippen molar-refractivity contribution in [3.63, 3.8) is 0 Å². The predicted molar refractivity (Wildman–Crippen MR) is 128 cm³/mol. The summed E-state index contributed by atoms with van der Waals surface area (Å²) in [5.74, 6) is 0.490. The number of tetrazole rings is 1. The number of nitrogens with one attached hydrogen (secondary N) is 1. The third kappa shape index (κ3) is 4.52. The maximum atomic E-state index is 12.7. The Morgan fingerprint density at radius 3 is 2.69 bits per heavy atom. The lowest BCUT2D eigenvalue weighted by molar-refractivity contribution is 0.0606. The van der Waals surface area contributed by atoms with Gasteiger partial charge in [0.25, 0.3) is 5.91 Å². The van der Waals surface area contributed by atoms with Gasteiger partial charge < -0.3 is 29.2 Å². The Kier molecular flexibility index (Phi) is 6.26. The SMILES string of the molecule is Cc1ccc(C(=O)N[C@@H]2CO[C@@H]3[C@@H]2OC[C@@H]3n2nnnc2Oc2cccc(N3CCOCC3)c2)cc1. The maximum absolute atomic E-state index is 12.7. The van der Waals surface area contributed by atoms with Crippen LogP contribution in [0.3, 0.4) is 0 Å². The third-order valence-corrected chi connectivity index (χ3v) is 6.84. The fraction of sp³-hybridized carbons (Fsp3) is 0.440. The van der Waals surface area contributed by atoms with Gasteiger partial charge in [-0.25, -0.2) is 0 Å². The number of aromatic nitrogens is 4. The number of carbonyl (C=O) groups excluding carboxylic acids is 1. The molecule has 4 heterocycles. The number of ether oxygens (including phenoxy) is 4. The van der Waals surface area contributed by atoms with E-state index in [1.807, 2.05) is 55.5 Å². The molecular formula is C25H28N6O5. The van der Waals surface area contributed by atoms with Gasteiger partial charge in [-0.05, 0) is 41.6 Å². The first-order valence-corrected chi connectivity index (χ1v) is 12.1. The Labute approximate surface area is 208 Å². The molecule has 0 aliphatic carbocycles. The van der Waals surface area contributed by atoms with Crippen molar-refractivity contribution in [1.29, 1.82) is 0 Å². The molecular weight excluding hydrogens is 464 g/mol. The molecule has 11 heteroatoms. The van der Waals surface area contributed by atoms with Crippen molar-refractivity contribution in [2.75, 3.05) is 44.4 Å². The number of hydrogen-bond donors (Lipinski definition) is 1. The molecule has 1 amide bonds. The zero-order chi connectivity index (χ0) is 24.5. The van der Waals surface area contributed by atoms with Gasteiger partial charge in [0.05, 0.1) is 32.5 Å². The lowest BCUT2D eigenvalue weighted by Gasteiger charge is -2.29. The normalized spacial score (nSPS) is 25.5. The number of hydrogen-bond acceptors (Lipinski definition) is 9. The summed E-state index contributed by atoms with van der Waals surface area (Å²) in [7, 11) is 0. The molecule has 3 aliphatic heterocycles. The standard InChI is InChI=1S/C25H28N6O5/c1-16-5-7-17(8-6-16)24(32)26-20-14-34-23-21(15-35-22(20)23)31-25(27-28-29-31)36-19-4-2-3-18(13-19)30-9-11-33-12-10-30/h2-8,13,20-23H,9-12,14-15H2,1H3,(H,26,32)/t20-,21+,22-,23+/m1/s1. The smallest absolute Gasteiger partial charge is 0.341 e. The Balaban J connectivity index is 1.13. The van der Waals surface area contributed by atoms with Gasteiger partial charge in [-0.3, -0.25) is 4.79 Å². The highest BCUT2D eigenvalue weighted by molar-refractivity contribution is 5.94. The summed E-state index contributed by atoms with van der Waals surface area (Å²) in [4.78, 5) is 15.0. The van der Waals surface area contributed by atoms with Crippen LogP contribution in [0.2, 0.25) is 0 Å². The van der Waals surface area contributed by atoms with Crippen LogP contribution >= 0.6 is 0 Å². The second-order valence-electron chi connectivity index (χ2n) is 9.21. The van der Waals surface area contributed by atoms with Gasteiger partial charge in [-0.1, -0.05) is 28.9 Å². The summed E-state index contributed by atoms with van der Waals surface area (Å²) < 4.78 is 25.3. The molecule has 0 saturated carbocycles. The van der Waals surface area contributed by atoms with Gasteiger partial charge in [-0.15, -0.1) is 0 Å². The van der Waals surface area contributed by atoms with Crippen LogP contribution < -0.4 is 15.0 Å². The zero-order valence-corrected chi connectivity index (χ0v) is 19.9. The Bertz CT molecular complexity index is 1210. The average Bonchev–Trinajstić information content (AvgIpc) is 3.63. The summed E-state index contributed by atoms with van der Waals surface area (Å²) in [6.45, 7) is 5.78. The van der Waals surface area contributed by atoms with Crippen LogP contribution in [0.4, 0.5) is 5.69 Å². The molecule has 36 heavy (non-hydrogen) atoms. The molecule has 6 rings (SSSR count). The number of aryl methyl sites for hydroxylation is 1. The van der Waals surface area contributed by atoms with E-state index >= 15 is 0 Å². The molecule has 2 aromatic carbocycles. The van der Waals surface area contributed by atoms with Gasteiger partial charge >= 0.3 is 6.01 Å². The quantitative estimate of drug-likeness (QED) is 0.550.